The van der Waals surface area contributed by atoms with Crippen molar-refractivity contribution in [1.82, 2.24) is 24.8 Å². The number of fused-ring (bicyclic) bond motifs is 1. The second-order valence-corrected chi connectivity index (χ2v) is 6.32. The number of alkyl halides is 4. The molecule has 3 aromatic rings. The van der Waals surface area contributed by atoms with Crippen molar-refractivity contribution in [3.8, 4) is 0 Å². The van der Waals surface area contributed by atoms with Crippen molar-refractivity contribution in [1.29, 1.82) is 0 Å². The maximum atomic E-state index is 15.1. The van der Waals surface area contributed by atoms with Gasteiger partial charge in [-0.1, -0.05) is 0 Å². The van der Waals surface area contributed by atoms with Gasteiger partial charge in [-0.25, -0.2) is 4.39 Å². The number of hydrogen-bond donors (Lipinski definition) is 1. The van der Waals surface area contributed by atoms with Crippen molar-refractivity contribution in [2.75, 3.05) is 23.3 Å². The molecule has 28 heavy (non-hydrogen) atoms. The Kier molecular flexibility index (Phi) is 4.12. The normalized spacial score (nSPS) is 19.9. The summed E-state index contributed by atoms with van der Waals surface area (Å²) in [5.74, 6) is -2.03. The fraction of sp³-hybridized carbons (Fsp3) is 0.312. The Hall–Kier alpha value is -3.31. The number of amides is 1. The van der Waals surface area contributed by atoms with Crippen LogP contribution in [0.4, 0.5) is 29.1 Å². The van der Waals surface area contributed by atoms with Gasteiger partial charge in [-0.15, -0.1) is 15.3 Å². The monoisotopic (exact) mass is 395 g/mol. The largest absolute Gasteiger partial charge is 0.453 e. The predicted molar refractivity (Wildman–Crippen MR) is 89.3 cm³/mol. The molecular formula is C16H13F4N7O. The second kappa shape index (κ2) is 6.39. The lowest BCUT2D eigenvalue weighted by atomic mass is 10.0. The van der Waals surface area contributed by atoms with Gasteiger partial charge in [0.25, 0.3) is 11.7 Å². The molecule has 1 fully saturated rings. The highest BCUT2D eigenvalue weighted by Gasteiger charge is 2.46. The summed E-state index contributed by atoms with van der Waals surface area (Å²) in [7, 11) is 0. The zero-order valence-corrected chi connectivity index (χ0v) is 14.2. The van der Waals surface area contributed by atoms with E-state index in [0.29, 0.717) is 10.2 Å². The molecule has 4 rings (SSSR count). The van der Waals surface area contributed by atoms with Crippen LogP contribution in [0.5, 0.6) is 0 Å². The van der Waals surface area contributed by atoms with Crippen molar-refractivity contribution in [3.05, 3.63) is 42.5 Å². The highest BCUT2D eigenvalue weighted by molar-refractivity contribution is 5.98. The average molecular weight is 395 g/mol. The summed E-state index contributed by atoms with van der Waals surface area (Å²) in [6.07, 6.45) is -1.97. The van der Waals surface area contributed by atoms with E-state index in [2.05, 4.69) is 25.6 Å². The molecule has 1 aliphatic heterocycles. The molecule has 4 heterocycles. The van der Waals surface area contributed by atoms with Crippen LogP contribution >= 0.6 is 0 Å². The standard InChI is InChI=1S/C16H13F4N7O/c17-15(14(28)22-10-2-1-6-21-8-10)5-7-26(9-15)12-4-3-11-23-24-13(16(18,19)20)27(11)25-12/h1-4,6,8H,5,7,9H2,(H,22,28). The lowest BCUT2D eigenvalue weighted by Gasteiger charge is -2.21. The van der Waals surface area contributed by atoms with Gasteiger partial charge in [-0.2, -0.15) is 17.7 Å². The minimum atomic E-state index is -4.73. The number of rotatable bonds is 3. The minimum absolute atomic E-state index is 0.0869. The molecule has 12 heteroatoms. The van der Waals surface area contributed by atoms with Crippen LogP contribution in [0.2, 0.25) is 0 Å². The van der Waals surface area contributed by atoms with Crippen LogP contribution in [0, 0.1) is 0 Å². The van der Waals surface area contributed by atoms with Gasteiger partial charge >= 0.3 is 6.18 Å². The maximum Gasteiger partial charge on any atom is 0.453 e. The van der Waals surface area contributed by atoms with Gasteiger partial charge in [-0.05, 0) is 24.3 Å². The maximum absolute atomic E-state index is 15.1. The highest BCUT2D eigenvalue weighted by atomic mass is 19.4. The topological polar surface area (TPSA) is 88.3 Å². The van der Waals surface area contributed by atoms with Gasteiger partial charge in [0.2, 0.25) is 5.67 Å². The van der Waals surface area contributed by atoms with Gasteiger partial charge in [0.05, 0.1) is 18.4 Å². The van der Waals surface area contributed by atoms with Crippen molar-refractivity contribution >= 4 is 23.1 Å². The molecule has 1 unspecified atom stereocenters. The fourth-order valence-electron chi connectivity index (χ4n) is 2.96. The molecular weight excluding hydrogens is 382 g/mol. The third kappa shape index (κ3) is 3.21. The zero-order valence-electron chi connectivity index (χ0n) is 14.2. The van der Waals surface area contributed by atoms with Crippen molar-refractivity contribution in [2.24, 2.45) is 0 Å². The van der Waals surface area contributed by atoms with Crippen LogP contribution in [0.3, 0.4) is 0 Å². The van der Waals surface area contributed by atoms with E-state index in [0.717, 1.165) is 0 Å². The third-order valence-corrected chi connectivity index (χ3v) is 4.37. The molecule has 0 aliphatic carbocycles. The van der Waals surface area contributed by atoms with Crippen molar-refractivity contribution < 1.29 is 22.4 Å². The van der Waals surface area contributed by atoms with Gasteiger partial charge < -0.3 is 10.2 Å². The highest BCUT2D eigenvalue weighted by Crippen LogP contribution is 2.31. The van der Waals surface area contributed by atoms with Crippen LogP contribution in [0.25, 0.3) is 5.65 Å². The molecule has 146 valence electrons. The van der Waals surface area contributed by atoms with Gasteiger partial charge in [0.15, 0.2) is 5.65 Å². The molecule has 1 saturated heterocycles. The summed E-state index contributed by atoms with van der Waals surface area (Å²) in [5.41, 5.74) is -1.95. The number of halogens is 4. The number of aromatic nitrogens is 5. The molecule has 3 aromatic heterocycles. The summed E-state index contributed by atoms with van der Waals surface area (Å²) in [4.78, 5) is 17.6. The first kappa shape index (κ1) is 18.1. The molecule has 0 spiro atoms. The van der Waals surface area contributed by atoms with E-state index in [4.69, 9.17) is 0 Å². The lowest BCUT2D eigenvalue weighted by molar-refractivity contribution is -0.146. The molecule has 0 aromatic carbocycles. The number of carbonyl (C=O) groups excluding carboxylic acids is 1. The summed E-state index contributed by atoms with van der Waals surface area (Å²) >= 11 is 0. The zero-order chi connectivity index (χ0) is 19.9. The first-order valence-corrected chi connectivity index (χ1v) is 8.21. The van der Waals surface area contributed by atoms with Crippen molar-refractivity contribution in [3.63, 3.8) is 0 Å². The molecule has 1 aliphatic rings. The van der Waals surface area contributed by atoms with Gasteiger partial charge in [0, 0.05) is 19.2 Å². The van der Waals surface area contributed by atoms with Crippen LogP contribution in [0.15, 0.2) is 36.7 Å². The van der Waals surface area contributed by atoms with E-state index in [1.165, 1.54) is 29.4 Å². The third-order valence-electron chi connectivity index (χ3n) is 4.37. The van der Waals surface area contributed by atoms with E-state index < -0.39 is 23.6 Å². The Bertz CT molecular complexity index is 1020. The SMILES string of the molecule is O=C(Nc1cccnc1)C1(F)CCN(c2ccc3nnc(C(F)(F)F)n3n2)C1. The average Bonchev–Trinajstić information content (AvgIpc) is 3.26. The first-order valence-electron chi connectivity index (χ1n) is 8.21. The van der Waals surface area contributed by atoms with Crippen LogP contribution in [0.1, 0.15) is 12.2 Å². The Balaban J connectivity index is 1.56. The molecule has 0 radical (unpaired) electrons. The van der Waals surface area contributed by atoms with Crippen LogP contribution in [-0.2, 0) is 11.0 Å². The number of nitrogens with zero attached hydrogens (tertiary/aromatic N) is 6. The molecule has 0 saturated carbocycles. The Morgan fingerprint density at radius 3 is 2.75 bits per heavy atom. The summed E-state index contributed by atoms with van der Waals surface area (Å²) in [6.45, 7) is -0.236. The van der Waals surface area contributed by atoms with E-state index >= 15 is 4.39 Å². The van der Waals surface area contributed by atoms with Crippen LogP contribution in [-0.4, -0.2) is 49.5 Å². The van der Waals surface area contributed by atoms with Crippen molar-refractivity contribution in [2.45, 2.75) is 18.3 Å². The molecule has 0 bridgehead atoms. The van der Waals surface area contributed by atoms with Gasteiger partial charge in [-0.3, -0.25) is 9.78 Å². The van der Waals surface area contributed by atoms with Crippen LogP contribution < -0.4 is 10.2 Å². The predicted octanol–water partition coefficient (Wildman–Crippen LogP) is 2.10. The Morgan fingerprint density at radius 2 is 2.04 bits per heavy atom. The van der Waals surface area contributed by atoms with E-state index in [1.807, 2.05) is 0 Å². The Labute approximate surface area is 155 Å². The summed E-state index contributed by atoms with van der Waals surface area (Å²) in [6, 6.07) is 5.88. The molecule has 1 atom stereocenters. The van der Waals surface area contributed by atoms with E-state index in [-0.39, 0.29) is 31.0 Å². The fourth-order valence-corrected chi connectivity index (χ4v) is 2.96. The summed E-state index contributed by atoms with van der Waals surface area (Å²) < 4.78 is 54.7. The number of carbonyl (C=O) groups is 1. The summed E-state index contributed by atoms with van der Waals surface area (Å²) in [5, 5.41) is 12.9. The molecule has 1 N–H and O–H groups in total. The smallest absolute Gasteiger partial charge is 0.351 e. The molecule has 1 amide bonds. The van der Waals surface area contributed by atoms with E-state index in [1.54, 1.807) is 12.1 Å². The minimum Gasteiger partial charge on any atom is -0.351 e. The lowest BCUT2D eigenvalue weighted by Crippen LogP contribution is -2.41. The van der Waals surface area contributed by atoms with E-state index in [9.17, 15) is 18.0 Å². The first-order chi connectivity index (χ1) is 13.3. The number of pyridine rings is 1. The molecule has 8 nitrogen and oxygen atoms in total. The van der Waals surface area contributed by atoms with Gasteiger partial charge in [0.1, 0.15) is 5.82 Å². The number of nitrogens with one attached hydrogen (secondary N) is 1. The number of hydrogen-bond acceptors (Lipinski definition) is 6. The second-order valence-electron chi connectivity index (χ2n) is 6.32. The quantitative estimate of drug-likeness (QED) is 0.684. The Morgan fingerprint density at radius 1 is 1.21 bits per heavy atom. The number of anilines is 2.